The number of aromatic nitrogens is 2. The summed E-state index contributed by atoms with van der Waals surface area (Å²) >= 11 is 0. The summed E-state index contributed by atoms with van der Waals surface area (Å²) in [6.45, 7) is 0.354. The van der Waals surface area contributed by atoms with Gasteiger partial charge in [-0.15, -0.1) is 10.2 Å². The lowest BCUT2D eigenvalue weighted by Crippen LogP contribution is -2.28. The van der Waals surface area contributed by atoms with Crippen molar-refractivity contribution in [3.8, 4) is 0 Å². The number of alkyl halides is 3. The number of hydrogen-bond donors (Lipinski definition) is 2. The molecule has 0 saturated heterocycles. The van der Waals surface area contributed by atoms with Crippen molar-refractivity contribution >= 4 is 17.4 Å². The van der Waals surface area contributed by atoms with Gasteiger partial charge in [0.25, 0.3) is 0 Å². The van der Waals surface area contributed by atoms with Crippen molar-refractivity contribution in [2.75, 3.05) is 10.6 Å². The van der Waals surface area contributed by atoms with E-state index in [1.54, 1.807) is 6.07 Å². The van der Waals surface area contributed by atoms with Crippen LogP contribution in [0.3, 0.4) is 0 Å². The predicted octanol–water partition coefficient (Wildman–Crippen LogP) is 3.85. The molecule has 0 atom stereocenters. The average molecular weight is 350 g/mol. The molecule has 1 amide bonds. The topological polar surface area (TPSA) is 66.9 Å². The normalized spacial score (nSPS) is 14.7. The molecule has 2 N–H and O–H groups in total. The second-order valence-electron chi connectivity index (χ2n) is 5.97. The quantitative estimate of drug-likeness (QED) is 0.860. The summed E-state index contributed by atoms with van der Waals surface area (Å²) in [5.41, 5.74) is 0.543. The Kier molecular flexibility index (Phi) is 4.87. The van der Waals surface area contributed by atoms with Crippen LogP contribution in [0.25, 0.3) is 0 Å². The number of halogens is 3. The highest BCUT2D eigenvalue weighted by Gasteiger charge is 2.32. The van der Waals surface area contributed by atoms with E-state index < -0.39 is 11.9 Å². The van der Waals surface area contributed by atoms with E-state index in [1.807, 2.05) is 18.2 Å². The standard InChI is InChI=1S/C17H17F3N4O/c18-17(19,20)14-7-8-15(24-23-14)21-10-11-3-1-6-13(9-11)22-16(25)12-4-2-5-12/h1,3,6-9,12H,2,4-5,10H2,(H,21,24)(H,22,25). The number of carbonyl (C=O) groups excluding carboxylic acids is 1. The molecule has 3 rings (SSSR count). The first-order valence-electron chi connectivity index (χ1n) is 7.96. The van der Waals surface area contributed by atoms with Gasteiger partial charge in [-0.3, -0.25) is 4.79 Å². The lowest BCUT2D eigenvalue weighted by atomic mass is 9.85. The zero-order valence-corrected chi connectivity index (χ0v) is 13.3. The smallest absolute Gasteiger partial charge is 0.365 e. The molecule has 1 fully saturated rings. The Morgan fingerprint density at radius 2 is 1.96 bits per heavy atom. The number of rotatable bonds is 5. The van der Waals surface area contributed by atoms with E-state index in [0.717, 1.165) is 30.9 Å². The van der Waals surface area contributed by atoms with Crippen molar-refractivity contribution in [3.63, 3.8) is 0 Å². The van der Waals surface area contributed by atoms with Crippen molar-refractivity contribution in [2.45, 2.75) is 32.0 Å². The molecule has 1 aromatic carbocycles. The van der Waals surface area contributed by atoms with Gasteiger partial charge >= 0.3 is 6.18 Å². The van der Waals surface area contributed by atoms with E-state index in [4.69, 9.17) is 0 Å². The van der Waals surface area contributed by atoms with Crippen LogP contribution < -0.4 is 10.6 Å². The van der Waals surface area contributed by atoms with Crippen LogP contribution in [0.2, 0.25) is 0 Å². The van der Waals surface area contributed by atoms with Crippen LogP contribution in [0.1, 0.15) is 30.5 Å². The Morgan fingerprint density at radius 3 is 2.56 bits per heavy atom. The summed E-state index contributed by atoms with van der Waals surface area (Å²) in [4.78, 5) is 12.0. The summed E-state index contributed by atoms with van der Waals surface area (Å²) in [6, 6.07) is 9.40. The summed E-state index contributed by atoms with van der Waals surface area (Å²) in [5.74, 6) is 0.381. The fourth-order valence-corrected chi connectivity index (χ4v) is 2.44. The molecule has 2 aromatic rings. The van der Waals surface area contributed by atoms with Gasteiger partial charge < -0.3 is 10.6 Å². The molecule has 0 bridgehead atoms. The minimum absolute atomic E-state index is 0.0324. The maximum absolute atomic E-state index is 12.4. The molecule has 0 unspecified atom stereocenters. The minimum atomic E-state index is -4.50. The van der Waals surface area contributed by atoms with Gasteiger partial charge in [-0.05, 0) is 42.7 Å². The van der Waals surface area contributed by atoms with E-state index in [9.17, 15) is 18.0 Å². The number of nitrogens with one attached hydrogen (secondary N) is 2. The Hall–Kier alpha value is -2.64. The molecule has 1 aliphatic carbocycles. The lowest BCUT2D eigenvalue weighted by Gasteiger charge is -2.24. The van der Waals surface area contributed by atoms with Gasteiger partial charge in [0.1, 0.15) is 5.82 Å². The SMILES string of the molecule is O=C(Nc1cccc(CNc2ccc(C(F)(F)F)nn2)c1)C1CCC1. The number of amides is 1. The van der Waals surface area contributed by atoms with Gasteiger partial charge in [-0.2, -0.15) is 13.2 Å². The Balaban J connectivity index is 1.57. The molecule has 1 saturated carbocycles. The Labute approximate surface area is 142 Å². The second kappa shape index (κ2) is 7.08. The van der Waals surface area contributed by atoms with Crippen LogP contribution >= 0.6 is 0 Å². The molecule has 0 spiro atoms. The average Bonchev–Trinajstić information content (AvgIpc) is 2.51. The zero-order chi connectivity index (χ0) is 17.9. The second-order valence-corrected chi connectivity index (χ2v) is 5.97. The number of anilines is 2. The molecular weight excluding hydrogens is 333 g/mol. The van der Waals surface area contributed by atoms with Crippen LogP contribution in [0.5, 0.6) is 0 Å². The lowest BCUT2D eigenvalue weighted by molar-refractivity contribution is -0.141. The van der Waals surface area contributed by atoms with E-state index in [0.29, 0.717) is 12.2 Å². The number of hydrogen-bond acceptors (Lipinski definition) is 4. The molecule has 1 heterocycles. The van der Waals surface area contributed by atoms with Gasteiger partial charge in [0.15, 0.2) is 5.69 Å². The molecule has 132 valence electrons. The Bertz CT molecular complexity index is 742. The summed E-state index contributed by atoms with van der Waals surface area (Å²) < 4.78 is 37.3. The molecule has 8 heteroatoms. The summed E-state index contributed by atoms with van der Waals surface area (Å²) in [7, 11) is 0. The predicted molar refractivity (Wildman–Crippen MR) is 86.8 cm³/mol. The monoisotopic (exact) mass is 350 g/mol. The molecule has 0 aliphatic heterocycles. The molecular formula is C17H17F3N4O. The van der Waals surface area contributed by atoms with E-state index >= 15 is 0 Å². The summed E-state index contributed by atoms with van der Waals surface area (Å²) in [6.07, 6.45) is -1.55. The minimum Gasteiger partial charge on any atom is -0.365 e. The maximum atomic E-state index is 12.4. The van der Waals surface area contributed by atoms with E-state index in [2.05, 4.69) is 20.8 Å². The Morgan fingerprint density at radius 1 is 1.16 bits per heavy atom. The molecule has 25 heavy (non-hydrogen) atoms. The van der Waals surface area contributed by atoms with Crippen molar-refractivity contribution in [3.05, 3.63) is 47.7 Å². The third kappa shape index (κ3) is 4.46. The first-order valence-corrected chi connectivity index (χ1v) is 7.96. The highest BCUT2D eigenvalue weighted by molar-refractivity contribution is 5.93. The summed E-state index contributed by atoms with van der Waals surface area (Å²) in [5, 5.41) is 12.5. The van der Waals surface area contributed by atoms with Gasteiger partial charge in [0.2, 0.25) is 5.91 Å². The van der Waals surface area contributed by atoms with Crippen LogP contribution in [0.15, 0.2) is 36.4 Å². The zero-order valence-electron chi connectivity index (χ0n) is 13.3. The van der Waals surface area contributed by atoms with Gasteiger partial charge in [0, 0.05) is 18.2 Å². The molecule has 0 radical (unpaired) electrons. The third-order valence-corrected chi connectivity index (χ3v) is 4.10. The third-order valence-electron chi connectivity index (χ3n) is 4.10. The van der Waals surface area contributed by atoms with Crippen LogP contribution in [0, 0.1) is 5.92 Å². The van der Waals surface area contributed by atoms with Crippen LogP contribution in [0.4, 0.5) is 24.7 Å². The van der Waals surface area contributed by atoms with E-state index in [1.165, 1.54) is 6.07 Å². The van der Waals surface area contributed by atoms with Crippen molar-refractivity contribution in [2.24, 2.45) is 5.92 Å². The van der Waals surface area contributed by atoms with Crippen molar-refractivity contribution < 1.29 is 18.0 Å². The number of nitrogens with zero attached hydrogens (tertiary/aromatic N) is 2. The first kappa shape index (κ1) is 17.2. The van der Waals surface area contributed by atoms with Crippen LogP contribution in [-0.4, -0.2) is 16.1 Å². The fraction of sp³-hybridized carbons (Fsp3) is 0.353. The highest BCUT2D eigenvalue weighted by Crippen LogP contribution is 2.28. The van der Waals surface area contributed by atoms with Gasteiger partial charge in [0.05, 0.1) is 0 Å². The first-order chi connectivity index (χ1) is 11.9. The maximum Gasteiger partial charge on any atom is 0.435 e. The van der Waals surface area contributed by atoms with Crippen molar-refractivity contribution in [1.29, 1.82) is 0 Å². The van der Waals surface area contributed by atoms with Gasteiger partial charge in [-0.1, -0.05) is 18.6 Å². The molecule has 1 aromatic heterocycles. The highest BCUT2D eigenvalue weighted by atomic mass is 19.4. The molecule has 5 nitrogen and oxygen atoms in total. The van der Waals surface area contributed by atoms with Crippen LogP contribution in [-0.2, 0) is 17.5 Å². The van der Waals surface area contributed by atoms with E-state index in [-0.39, 0.29) is 17.6 Å². The largest absolute Gasteiger partial charge is 0.435 e. The van der Waals surface area contributed by atoms with Crippen molar-refractivity contribution in [1.82, 2.24) is 10.2 Å². The number of benzene rings is 1. The van der Waals surface area contributed by atoms with Gasteiger partial charge in [-0.25, -0.2) is 0 Å². The fourth-order valence-electron chi connectivity index (χ4n) is 2.44. The number of carbonyl (C=O) groups is 1. The molecule has 1 aliphatic rings.